The summed E-state index contributed by atoms with van der Waals surface area (Å²) in [6.45, 7) is 0.724. The van der Waals surface area contributed by atoms with Crippen molar-refractivity contribution in [3.63, 3.8) is 0 Å². The summed E-state index contributed by atoms with van der Waals surface area (Å²) in [4.78, 5) is 26.5. The van der Waals surface area contributed by atoms with Crippen LogP contribution in [0.2, 0.25) is 0 Å². The zero-order valence-corrected chi connectivity index (χ0v) is 14.7. The number of nitrogens with zero attached hydrogens (tertiary/aromatic N) is 1. The molecule has 1 heterocycles. The van der Waals surface area contributed by atoms with Crippen LogP contribution in [0, 0.1) is 5.92 Å². The molecule has 4 rings (SSSR count). The third-order valence-corrected chi connectivity index (χ3v) is 5.75. The van der Waals surface area contributed by atoms with Crippen LogP contribution >= 0.6 is 0 Å². The lowest BCUT2D eigenvalue weighted by Crippen LogP contribution is -2.30. The number of aryl methyl sites for hydroxylation is 2. The lowest BCUT2D eigenvalue weighted by atomic mass is 9.89. The molecule has 0 saturated carbocycles. The van der Waals surface area contributed by atoms with Gasteiger partial charge in [-0.25, -0.2) is 0 Å². The molecule has 1 amide bonds. The molecule has 2 atom stereocenters. The van der Waals surface area contributed by atoms with Crippen molar-refractivity contribution in [3.05, 3.63) is 70.8 Å². The SMILES string of the molecule is O=C(O)C1CN(C(=O)c2ccc3c(c2)CCCC3)CC1c1ccccc1. The summed E-state index contributed by atoms with van der Waals surface area (Å²) in [7, 11) is 0. The van der Waals surface area contributed by atoms with E-state index < -0.39 is 11.9 Å². The summed E-state index contributed by atoms with van der Waals surface area (Å²) >= 11 is 0. The first-order valence-corrected chi connectivity index (χ1v) is 9.32. The molecule has 0 radical (unpaired) electrons. The van der Waals surface area contributed by atoms with Crippen molar-refractivity contribution in [3.8, 4) is 0 Å². The number of carboxylic acid groups (broad SMARTS) is 1. The van der Waals surface area contributed by atoms with E-state index in [1.165, 1.54) is 24.0 Å². The number of likely N-dealkylation sites (tertiary alicyclic amines) is 1. The van der Waals surface area contributed by atoms with E-state index in [1.54, 1.807) is 4.90 Å². The van der Waals surface area contributed by atoms with E-state index in [0.29, 0.717) is 12.1 Å². The molecular formula is C22H23NO3. The van der Waals surface area contributed by atoms with E-state index >= 15 is 0 Å². The molecule has 2 aliphatic rings. The highest BCUT2D eigenvalue weighted by molar-refractivity contribution is 5.95. The first kappa shape index (κ1) is 16.8. The van der Waals surface area contributed by atoms with Crippen molar-refractivity contribution in [1.29, 1.82) is 0 Å². The Hall–Kier alpha value is -2.62. The molecule has 1 aliphatic carbocycles. The first-order valence-electron chi connectivity index (χ1n) is 9.32. The molecule has 2 aromatic rings. The Labute approximate surface area is 153 Å². The van der Waals surface area contributed by atoms with Crippen LogP contribution in [0.4, 0.5) is 0 Å². The standard InChI is InChI=1S/C22H23NO3/c24-21(18-11-10-15-6-4-5-9-17(15)12-18)23-13-19(20(14-23)22(25)26)16-7-2-1-3-8-16/h1-3,7-8,10-12,19-20H,4-6,9,13-14H2,(H,25,26). The maximum atomic E-state index is 13.0. The summed E-state index contributed by atoms with van der Waals surface area (Å²) < 4.78 is 0. The number of hydrogen-bond acceptors (Lipinski definition) is 2. The zero-order valence-electron chi connectivity index (χ0n) is 14.7. The van der Waals surface area contributed by atoms with Crippen molar-refractivity contribution in [2.75, 3.05) is 13.1 Å². The van der Waals surface area contributed by atoms with Gasteiger partial charge >= 0.3 is 5.97 Å². The largest absolute Gasteiger partial charge is 0.481 e. The van der Waals surface area contributed by atoms with E-state index in [1.807, 2.05) is 42.5 Å². The fourth-order valence-electron chi connectivity index (χ4n) is 4.31. The number of rotatable bonds is 3. The number of carbonyl (C=O) groups is 2. The third kappa shape index (κ3) is 3.12. The van der Waals surface area contributed by atoms with E-state index in [9.17, 15) is 14.7 Å². The minimum atomic E-state index is -0.834. The van der Waals surface area contributed by atoms with Crippen LogP contribution in [0.3, 0.4) is 0 Å². The van der Waals surface area contributed by atoms with Crippen molar-refractivity contribution in [2.45, 2.75) is 31.6 Å². The molecule has 4 heteroatoms. The van der Waals surface area contributed by atoms with Crippen LogP contribution < -0.4 is 0 Å². The minimum Gasteiger partial charge on any atom is -0.481 e. The summed E-state index contributed by atoms with van der Waals surface area (Å²) in [6, 6.07) is 15.7. The van der Waals surface area contributed by atoms with Crippen LogP contribution in [0.1, 0.15) is 45.8 Å². The maximum Gasteiger partial charge on any atom is 0.308 e. The van der Waals surface area contributed by atoms with Gasteiger partial charge in [0.25, 0.3) is 5.91 Å². The number of benzene rings is 2. The van der Waals surface area contributed by atoms with Crippen molar-refractivity contribution < 1.29 is 14.7 Å². The second kappa shape index (κ2) is 6.94. The van der Waals surface area contributed by atoms with Crippen molar-refractivity contribution in [1.82, 2.24) is 4.90 Å². The summed E-state index contributed by atoms with van der Waals surface area (Å²) in [5.74, 6) is -1.60. The number of carbonyl (C=O) groups excluding carboxylic acids is 1. The Morgan fingerprint density at radius 3 is 2.38 bits per heavy atom. The predicted molar refractivity (Wildman–Crippen MR) is 99.3 cm³/mol. The zero-order chi connectivity index (χ0) is 18.1. The van der Waals surface area contributed by atoms with Gasteiger partial charge in [0.05, 0.1) is 5.92 Å². The molecule has 2 aromatic carbocycles. The molecule has 4 nitrogen and oxygen atoms in total. The van der Waals surface area contributed by atoms with Gasteiger partial charge in [-0.3, -0.25) is 9.59 Å². The van der Waals surface area contributed by atoms with E-state index in [-0.39, 0.29) is 18.4 Å². The third-order valence-electron chi connectivity index (χ3n) is 5.75. The molecule has 1 aliphatic heterocycles. The van der Waals surface area contributed by atoms with Crippen LogP contribution in [0.5, 0.6) is 0 Å². The second-order valence-corrected chi connectivity index (χ2v) is 7.36. The first-order chi connectivity index (χ1) is 12.6. The van der Waals surface area contributed by atoms with Crippen LogP contribution in [0.25, 0.3) is 0 Å². The highest BCUT2D eigenvalue weighted by atomic mass is 16.4. The van der Waals surface area contributed by atoms with Gasteiger partial charge in [0, 0.05) is 24.6 Å². The molecule has 1 fully saturated rings. The molecule has 2 unspecified atom stereocenters. The Morgan fingerprint density at radius 2 is 1.65 bits per heavy atom. The van der Waals surface area contributed by atoms with E-state index in [2.05, 4.69) is 6.07 Å². The summed E-state index contributed by atoms with van der Waals surface area (Å²) in [5.41, 5.74) is 4.29. The van der Waals surface area contributed by atoms with E-state index in [0.717, 1.165) is 18.4 Å². The van der Waals surface area contributed by atoms with Gasteiger partial charge in [0.15, 0.2) is 0 Å². The quantitative estimate of drug-likeness (QED) is 0.923. The Bertz CT molecular complexity index is 831. The molecule has 0 bridgehead atoms. The number of aliphatic carboxylic acids is 1. The van der Waals surface area contributed by atoms with Crippen molar-refractivity contribution in [2.24, 2.45) is 5.92 Å². The highest BCUT2D eigenvalue weighted by Gasteiger charge is 2.40. The number of amides is 1. The van der Waals surface area contributed by atoms with Crippen LogP contribution in [0.15, 0.2) is 48.5 Å². The smallest absolute Gasteiger partial charge is 0.308 e. The average Bonchev–Trinajstić information content (AvgIpc) is 3.13. The minimum absolute atomic E-state index is 0.0527. The second-order valence-electron chi connectivity index (χ2n) is 7.36. The van der Waals surface area contributed by atoms with Crippen LogP contribution in [-0.2, 0) is 17.6 Å². The lowest BCUT2D eigenvalue weighted by molar-refractivity contribution is -0.141. The Balaban J connectivity index is 1.58. The summed E-state index contributed by atoms with van der Waals surface area (Å²) in [5, 5.41) is 9.64. The van der Waals surface area contributed by atoms with Gasteiger partial charge in [-0.1, -0.05) is 36.4 Å². The summed E-state index contributed by atoms with van der Waals surface area (Å²) in [6.07, 6.45) is 4.50. The number of fused-ring (bicyclic) bond motifs is 1. The van der Waals surface area contributed by atoms with Gasteiger partial charge in [-0.2, -0.15) is 0 Å². The average molecular weight is 349 g/mol. The number of carboxylic acids is 1. The Morgan fingerprint density at radius 1 is 0.923 bits per heavy atom. The maximum absolute atomic E-state index is 13.0. The fourth-order valence-corrected chi connectivity index (χ4v) is 4.31. The fraction of sp³-hybridized carbons (Fsp3) is 0.364. The van der Waals surface area contributed by atoms with Crippen molar-refractivity contribution >= 4 is 11.9 Å². The van der Waals surface area contributed by atoms with Gasteiger partial charge < -0.3 is 10.0 Å². The number of hydrogen-bond donors (Lipinski definition) is 1. The topological polar surface area (TPSA) is 57.6 Å². The highest BCUT2D eigenvalue weighted by Crippen LogP contribution is 2.34. The molecule has 0 spiro atoms. The van der Waals surface area contributed by atoms with Gasteiger partial charge in [0.1, 0.15) is 0 Å². The molecule has 1 saturated heterocycles. The predicted octanol–water partition coefficient (Wildman–Crippen LogP) is 3.51. The monoisotopic (exact) mass is 349 g/mol. The van der Waals surface area contributed by atoms with Crippen LogP contribution in [-0.4, -0.2) is 35.0 Å². The molecular weight excluding hydrogens is 326 g/mol. The molecule has 134 valence electrons. The van der Waals surface area contributed by atoms with Gasteiger partial charge in [0.2, 0.25) is 0 Å². The Kier molecular flexibility index (Phi) is 4.49. The molecule has 0 aromatic heterocycles. The van der Waals surface area contributed by atoms with Gasteiger partial charge in [-0.15, -0.1) is 0 Å². The molecule has 26 heavy (non-hydrogen) atoms. The van der Waals surface area contributed by atoms with E-state index in [4.69, 9.17) is 0 Å². The lowest BCUT2D eigenvalue weighted by Gasteiger charge is -2.20. The molecule has 1 N–H and O–H groups in total. The van der Waals surface area contributed by atoms with Gasteiger partial charge in [-0.05, 0) is 54.5 Å². The normalized spacial score (nSPS) is 22.1.